The summed E-state index contributed by atoms with van der Waals surface area (Å²) in [7, 11) is 2.98. The highest BCUT2D eigenvalue weighted by Gasteiger charge is 2.48. The lowest BCUT2D eigenvalue weighted by molar-refractivity contribution is -0.155. The van der Waals surface area contributed by atoms with Crippen LogP contribution in [0.3, 0.4) is 0 Å². The first-order valence-corrected chi connectivity index (χ1v) is 6.68. The number of amides is 1. The highest BCUT2D eigenvalue weighted by molar-refractivity contribution is 5.84. The van der Waals surface area contributed by atoms with Crippen LogP contribution in [-0.2, 0) is 15.1 Å². The number of nitrogens with zero attached hydrogens (tertiary/aromatic N) is 1. The van der Waals surface area contributed by atoms with Crippen LogP contribution in [0.2, 0.25) is 0 Å². The van der Waals surface area contributed by atoms with Crippen molar-refractivity contribution in [3.05, 3.63) is 23.8 Å². The van der Waals surface area contributed by atoms with Crippen LogP contribution in [0.4, 0.5) is 0 Å². The monoisotopic (exact) mass is 293 g/mol. The molecular weight excluding hydrogens is 274 g/mol. The van der Waals surface area contributed by atoms with Crippen molar-refractivity contribution in [1.82, 2.24) is 4.90 Å². The molecule has 1 saturated carbocycles. The fraction of sp³-hybridized carbons (Fsp3) is 0.467. The quantitative estimate of drug-likeness (QED) is 0.773. The molecule has 114 valence electrons. The minimum atomic E-state index is -1.47. The van der Waals surface area contributed by atoms with Crippen LogP contribution in [-0.4, -0.2) is 42.6 Å². The van der Waals surface area contributed by atoms with Crippen molar-refractivity contribution in [3.63, 3.8) is 0 Å². The average Bonchev–Trinajstić information content (AvgIpc) is 3.31. The molecule has 0 aliphatic heterocycles. The second-order valence-electron chi connectivity index (χ2n) is 5.19. The van der Waals surface area contributed by atoms with Crippen molar-refractivity contribution in [2.24, 2.45) is 0 Å². The van der Waals surface area contributed by atoms with E-state index in [0.717, 1.165) is 12.8 Å². The number of benzene rings is 1. The van der Waals surface area contributed by atoms with Gasteiger partial charge in [0, 0.05) is 17.7 Å². The molecule has 0 radical (unpaired) electrons. The number of rotatable bonds is 7. The molecule has 1 fully saturated rings. The van der Waals surface area contributed by atoms with Crippen LogP contribution in [0.1, 0.15) is 25.3 Å². The number of ether oxygens (including phenoxy) is 2. The third kappa shape index (κ3) is 2.53. The molecule has 2 rings (SSSR count). The Kier molecular flexibility index (Phi) is 4.06. The van der Waals surface area contributed by atoms with Gasteiger partial charge in [-0.2, -0.15) is 0 Å². The van der Waals surface area contributed by atoms with E-state index in [1.807, 2.05) is 0 Å². The zero-order chi connectivity index (χ0) is 15.6. The molecule has 1 aromatic carbocycles. The van der Waals surface area contributed by atoms with Crippen LogP contribution in [0.5, 0.6) is 11.5 Å². The Labute approximate surface area is 123 Å². The van der Waals surface area contributed by atoms with Gasteiger partial charge in [0.05, 0.1) is 14.2 Å². The SMILES string of the molecule is COc1ccc(C(C)(C(=O)O)N(C=O)C2CC2)c(OC)c1. The van der Waals surface area contributed by atoms with E-state index < -0.39 is 11.5 Å². The maximum Gasteiger partial charge on any atom is 0.334 e. The number of carboxylic acids is 1. The fourth-order valence-corrected chi connectivity index (χ4v) is 2.47. The van der Waals surface area contributed by atoms with Gasteiger partial charge in [-0.25, -0.2) is 4.79 Å². The Bertz CT molecular complexity index is 555. The van der Waals surface area contributed by atoms with Crippen molar-refractivity contribution in [2.45, 2.75) is 31.3 Å². The first-order chi connectivity index (χ1) is 9.98. The van der Waals surface area contributed by atoms with Crippen molar-refractivity contribution >= 4 is 12.4 Å². The van der Waals surface area contributed by atoms with Crippen LogP contribution in [0.15, 0.2) is 18.2 Å². The van der Waals surface area contributed by atoms with Crippen LogP contribution < -0.4 is 9.47 Å². The fourth-order valence-electron chi connectivity index (χ4n) is 2.47. The molecule has 0 aromatic heterocycles. The van der Waals surface area contributed by atoms with Crippen molar-refractivity contribution in [1.29, 1.82) is 0 Å². The standard InChI is InChI=1S/C15H19NO5/c1-15(14(18)19,16(9-17)10-4-5-10)12-7-6-11(20-2)8-13(12)21-3/h6-10H,4-5H2,1-3H3,(H,18,19). The van der Waals surface area contributed by atoms with Crippen LogP contribution in [0, 0.1) is 0 Å². The largest absolute Gasteiger partial charge is 0.497 e. The maximum absolute atomic E-state index is 11.9. The van der Waals surface area contributed by atoms with Crippen LogP contribution >= 0.6 is 0 Å². The molecule has 1 N–H and O–H groups in total. The van der Waals surface area contributed by atoms with Gasteiger partial charge in [0.15, 0.2) is 5.54 Å². The van der Waals surface area contributed by atoms with Gasteiger partial charge in [0.1, 0.15) is 11.5 Å². The highest BCUT2D eigenvalue weighted by atomic mass is 16.5. The number of carbonyl (C=O) groups is 2. The van der Waals surface area contributed by atoms with Gasteiger partial charge in [-0.3, -0.25) is 4.79 Å². The molecule has 1 aromatic rings. The molecular formula is C15H19NO5. The topological polar surface area (TPSA) is 76.1 Å². The molecule has 0 heterocycles. The van der Waals surface area contributed by atoms with Gasteiger partial charge < -0.3 is 19.5 Å². The van der Waals surface area contributed by atoms with E-state index >= 15 is 0 Å². The molecule has 6 nitrogen and oxygen atoms in total. The van der Waals surface area contributed by atoms with Gasteiger partial charge in [-0.15, -0.1) is 0 Å². The number of hydrogen-bond donors (Lipinski definition) is 1. The Balaban J connectivity index is 2.56. The lowest BCUT2D eigenvalue weighted by Crippen LogP contribution is -2.50. The predicted molar refractivity (Wildman–Crippen MR) is 75.5 cm³/mol. The molecule has 1 amide bonds. The summed E-state index contributed by atoms with van der Waals surface area (Å²) in [4.78, 5) is 24.7. The number of methoxy groups -OCH3 is 2. The summed E-state index contributed by atoms with van der Waals surface area (Å²) in [6, 6.07) is 4.88. The first kappa shape index (κ1) is 15.2. The lowest BCUT2D eigenvalue weighted by Gasteiger charge is -2.36. The number of aliphatic carboxylic acids is 1. The summed E-state index contributed by atoms with van der Waals surface area (Å²) in [5.74, 6) is -0.149. The van der Waals surface area contributed by atoms with Gasteiger partial charge in [-0.05, 0) is 31.9 Å². The van der Waals surface area contributed by atoms with E-state index in [9.17, 15) is 14.7 Å². The van der Waals surface area contributed by atoms with Gasteiger partial charge >= 0.3 is 5.97 Å². The highest BCUT2D eigenvalue weighted by Crippen LogP contribution is 2.41. The molecule has 1 aliphatic carbocycles. The van der Waals surface area contributed by atoms with Crippen molar-refractivity contribution in [3.8, 4) is 11.5 Å². The summed E-state index contributed by atoms with van der Waals surface area (Å²) in [6.45, 7) is 1.52. The van der Waals surface area contributed by atoms with E-state index in [-0.39, 0.29) is 6.04 Å². The van der Waals surface area contributed by atoms with Crippen molar-refractivity contribution < 1.29 is 24.2 Å². The Morgan fingerprint density at radius 1 is 1.38 bits per heavy atom. The third-order valence-electron chi connectivity index (χ3n) is 3.92. The smallest absolute Gasteiger partial charge is 0.334 e. The van der Waals surface area contributed by atoms with E-state index in [2.05, 4.69) is 0 Å². The Morgan fingerprint density at radius 3 is 2.48 bits per heavy atom. The summed E-state index contributed by atoms with van der Waals surface area (Å²) < 4.78 is 10.4. The molecule has 1 unspecified atom stereocenters. The van der Waals surface area contributed by atoms with E-state index in [0.29, 0.717) is 23.5 Å². The van der Waals surface area contributed by atoms with Gasteiger partial charge in [0.25, 0.3) is 0 Å². The maximum atomic E-state index is 11.9. The molecule has 1 atom stereocenters. The first-order valence-electron chi connectivity index (χ1n) is 6.68. The normalized spacial score (nSPS) is 16.7. The predicted octanol–water partition coefficient (Wildman–Crippen LogP) is 1.62. The molecule has 0 bridgehead atoms. The number of carboxylic acid groups (broad SMARTS) is 1. The summed E-state index contributed by atoms with van der Waals surface area (Å²) in [5.41, 5.74) is -1.04. The number of hydrogen-bond acceptors (Lipinski definition) is 4. The summed E-state index contributed by atoms with van der Waals surface area (Å²) in [5, 5.41) is 9.72. The van der Waals surface area contributed by atoms with E-state index in [1.165, 1.54) is 26.0 Å². The lowest BCUT2D eigenvalue weighted by atomic mass is 9.89. The summed E-state index contributed by atoms with van der Waals surface area (Å²) in [6.07, 6.45) is 2.25. The molecule has 1 aliphatic rings. The van der Waals surface area contributed by atoms with E-state index in [4.69, 9.17) is 9.47 Å². The second kappa shape index (κ2) is 5.63. The zero-order valence-electron chi connectivity index (χ0n) is 12.3. The third-order valence-corrected chi connectivity index (χ3v) is 3.92. The molecule has 21 heavy (non-hydrogen) atoms. The zero-order valence-corrected chi connectivity index (χ0v) is 12.3. The molecule has 0 saturated heterocycles. The van der Waals surface area contributed by atoms with Gasteiger partial charge in [-0.1, -0.05) is 0 Å². The Morgan fingerprint density at radius 2 is 2.05 bits per heavy atom. The minimum absolute atomic E-state index is 0.0320. The Hall–Kier alpha value is -2.24. The van der Waals surface area contributed by atoms with E-state index in [1.54, 1.807) is 18.2 Å². The van der Waals surface area contributed by atoms with Crippen LogP contribution in [0.25, 0.3) is 0 Å². The molecule has 6 heteroatoms. The van der Waals surface area contributed by atoms with Crippen molar-refractivity contribution in [2.75, 3.05) is 14.2 Å². The van der Waals surface area contributed by atoms with Gasteiger partial charge in [0.2, 0.25) is 6.41 Å². The minimum Gasteiger partial charge on any atom is -0.497 e. The second-order valence-corrected chi connectivity index (χ2v) is 5.19. The molecule has 0 spiro atoms. The average molecular weight is 293 g/mol. The summed E-state index contributed by atoms with van der Waals surface area (Å²) >= 11 is 0. The number of carbonyl (C=O) groups excluding carboxylic acids is 1.